The highest BCUT2D eigenvalue weighted by atomic mass is 15.3. The molecule has 2 nitrogen and oxygen atoms in total. The van der Waals surface area contributed by atoms with Gasteiger partial charge in [-0.05, 0) is 58.1 Å². The zero-order valence-electron chi connectivity index (χ0n) is 19.5. The van der Waals surface area contributed by atoms with E-state index in [4.69, 9.17) is 0 Å². The fourth-order valence-corrected chi connectivity index (χ4v) is 4.04. The van der Waals surface area contributed by atoms with Crippen LogP contribution in [0.15, 0.2) is 48.8 Å². The molecule has 0 saturated heterocycles. The molecule has 0 unspecified atom stereocenters. The average molecular weight is 391 g/mol. The predicted octanol–water partition coefficient (Wildman–Crippen LogP) is 7.94. The highest BCUT2D eigenvalue weighted by molar-refractivity contribution is 5.66. The van der Waals surface area contributed by atoms with Crippen LogP contribution in [0.5, 0.6) is 0 Å². The van der Waals surface area contributed by atoms with Crippen LogP contribution in [0.1, 0.15) is 101 Å². The molecular formula is C27H38N2. The molecule has 0 fully saturated rings. The zero-order chi connectivity index (χ0) is 21.3. The third-order valence-corrected chi connectivity index (χ3v) is 6.03. The molecule has 2 aromatic carbocycles. The molecule has 0 aliphatic carbocycles. The van der Waals surface area contributed by atoms with Gasteiger partial charge in [-0.2, -0.15) is 0 Å². The largest absolute Gasteiger partial charge is 0.328 e. The molecule has 0 N–H and O–H groups in total. The minimum Gasteiger partial charge on any atom is -0.328 e. The van der Waals surface area contributed by atoms with Gasteiger partial charge in [0.1, 0.15) is 0 Å². The lowest BCUT2D eigenvalue weighted by Crippen LogP contribution is -2.26. The maximum Gasteiger partial charge on any atom is 0.0989 e. The van der Waals surface area contributed by atoms with Gasteiger partial charge in [0.2, 0.25) is 0 Å². The van der Waals surface area contributed by atoms with E-state index >= 15 is 0 Å². The number of anilines is 2. The average Bonchev–Trinajstić information content (AvgIpc) is 3.16. The van der Waals surface area contributed by atoms with E-state index in [-0.39, 0.29) is 0 Å². The highest BCUT2D eigenvalue weighted by Gasteiger charge is 2.22. The SMILES string of the molecule is CC(C)c1ccc(N2C=CN(c3ccc(C(C)C)cc3C(C)C)C2)c(C(C)C)c1. The first-order chi connectivity index (χ1) is 13.7. The number of rotatable bonds is 6. The van der Waals surface area contributed by atoms with E-state index in [1.807, 2.05) is 0 Å². The van der Waals surface area contributed by atoms with Crippen LogP contribution in [0, 0.1) is 0 Å². The monoisotopic (exact) mass is 390 g/mol. The van der Waals surface area contributed by atoms with Crippen molar-refractivity contribution in [2.24, 2.45) is 0 Å². The van der Waals surface area contributed by atoms with Gasteiger partial charge in [0.25, 0.3) is 0 Å². The first kappa shape index (κ1) is 21.5. The van der Waals surface area contributed by atoms with E-state index in [2.05, 4.69) is 114 Å². The summed E-state index contributed by atoms with van der Waals surface area (Å²) in [6.07, 6.45) is 4.47. The number of hydrogen-bond donors (Lipinski definition) is 0. The van der Waals surface area contributed by atoms with E-state index in [0.717, 1.165) is 6.67 Å². The van der Waals surface area contributed by atoms with Gasteiger partial charge in [0.15, 0.2) is 0 Å². The topological polar surface area (TPSA) is 6.48 Å². The van der Waals surface area contributed by atoms with Crippen molar-refractivity contribution in [2.45, 2.75) is 79.1 Å². The molecule has 156 valence electrons. The number of hydrogen-bond acceptors (Lipinski definition) is 2. The van der Waals surface area contributed by atoms with E-state index in [1.165, 1.54) is 33.6 Å². The van der Waals surface area contributed by atoms with Gasteiger partial charge in [-0.3, -0.25) is 0 Å². The minimum atomic E-state index is 0.503. The molecule has 0 spiro atoms. The Balaban J connectivity index is 1.91. The normalized spacial score (nSPS) is 14.3. The Morgan fingerprint density at radius 3 is 1.24 bits per heavy atom. The summed E-state index contributed by atoms with van der Waals surface area (Å²) in [6, 6.07) is 14.0. The second-order valence-corrected chi connectivity index (χ2v) is 9.63. The first-order valence-corrected chi connectivity index (χ1v) is 11.2. The molecule has 3 rings (SSSR count). The van der Waals surface area contributed by atoms with Gasteiger partial charge in [-0.15, -0.1) is 0 Å². The van der Waals surface area contributed by atoms with Crippen LogP contribution in [0.2, 0.25) is 0 Å². The van der Waals surface area contributed by atoms with Gasteiger partial charge >= 0.3 is 0 Å². The van der Waals surface area contributed by atoms with Gasteiger partial charge in [0.05, 0.1) is 6.67 Å². The molecule has 0 amide bonds. The molecule has 0 bridgehead atoms. The maximum absolute atomic E-state index is 2.40. The third kappa shape index (κ3) is 4.52. The first-order valence-electron chi connectivity index (χ1n) is 11.2. The van der Waals surface area contributed by atoms with Crippen LogP contribution in [0.25, 0.3) is 0 Å². The van der Waals surface area contributed by atoms with Crippen molar-refractivity contribution in [1.29, 1.82) is 0 Å². The predicted molar refractivity (Wildman–Crippen MR) is 128 cm³/mol. The summed E-state index contributed by atoms with van der Waals surface area (Å²) in [5.41, 5.74) is 8.36. The fraction of sp³-hybridized carbons (Fsp3) is 0.481. The summed E-state index contributed by atoms with van der Waals surface area (Å²) in [5.74, 6) is 2.12. The van der Waals surface area contributed by atoms with Crippen molar-refractivity contribution in [3.8, 4) is 0 Å². The summed E-state index contributed by atoms with van der Waals surface area (Å²) >= 11 is 0. The van der Waals surface area contributed by atoms with Crippen molar-refractivity contribution in [2.75, 3.05) is 16.5 Å². The molecule has 2 heteroatoms. The molecule has 0 saturated carbocycles. The Morgan fingerprint density at radius 2 is 0.931 bits per heavy atom. The molecule has 0 aromatic heterocycles. The third-order valence-electron chi connectivity index (χ3n) is 6.03. The Bertz CT molecular complexity index is 803. The quantitative estimate of drug-likeness (QED) is 0.494. The summed E-state index contributed by atoms with van der Waals surface area (Å²) in [6.45, 7) is 19.1. The summed E-state index contributed by atoms with van der Waals surface area (Å²) in [5, 5.41) is 0. The van der Waals surface area contributed by atoms with Gasteiger partial charge in [-0.25, -0.2) is 0 Å². The van der Waals surface area contributed by atoms with Crippen LogP contribution >= 0.6 is 0 Å². The van der Waals surface area contributed by atoms with Crippen molar-refractivity contribution < 1.29 is 0 Å². The lowest BCUT2D eigenvalue weighted by molar-refractivity contribution is 0.818. The molecule has 1 heterocycles. The fourth-order valence-electron chi connectivity index (χ4n) is 4.04. The molecular weight excluding hydrogens is 352 g/mol. The number of benzene rings is 2. The summed E-state index contributed by atoms with van der Waals surface area (Å²) in [7, 11) is 0. The maximum atomic E-state index is 2.40. The van der Waals surface area contributed by atoms with Crippen molar-refractivity contribution >= 4 is 11.4 Å². The van der Waals surface area contributed by atoms with Crippen LogP contribution in [-0.2, 0) is 0 Å². The highest BCUT2D eigenvalue weighted by Crippen LogP contribution is 2.36. The number of nitrogens with zero attached hydrogens (tertiary/aromatic N) is 2. The standard InChI is InChI=1S/C27H38N2/c1-18(2)22-9-11-26(24(15-22)20(5)6)28-13-14-29(17-28)27-12-10-23(19(3)4)16-25(27)21(7)8/h9-16,18-21H,17H2,1-8H3. The van der Waals surface area contributed by atoms with Gasteiger partial charge < -0.3 is 9.80 Å². The summed E-state index contributed by atoms with van der Waals surface area (Å²) < 4.78 is 0. The minimum absolute atomic E-state index is 0.503. The van der Waals surface area contributed by atoms with Crippen LogP contribution in [0.3, 0.4) is 0 Å². The lowest BCUT2D eigenvalue weighted by atomic mass is 9.93. The Hall–Kier alpha value is -2.22. The molecule has 1 aliphatic heterocycles. The smallest absolute Gasteiger partial charge is 0.0989 e. The second-order valence-electron chi connectivity index (χ2n) is 9.63. The van der Waals surface area contributed by atoms with Crippen molar-refractivity contribution in [1.82, 2.24) is 0 Å². The van der Waals surface area contributed by atoms with Crippen LogP contribution in [-0.4, -0.2) is 6.67 Å². The summed E-state index contributed by atoms with van der Waals surface area (Å²) in [4.78, 5) is 4.78. The van der Waals surface area contributed by atoms with Gasteiger partial charge in [-0.1, -0.05) is 79.7 Å². The van der Waals surface area contributed by atoms with E-state index in [0.29, 0.717) is 23.7 Å². The lowest BCUT2D eigenvalue weighted by Gasteiger charge is -2.28. The van der Waals surface area contributed by atoms with Gasteiger partial charge in [0, 0.05) is 23.8 Å². The van der Waals surface area contributed by atoms with Crippen LogP contribution in [0.4, 0.5) is 11.4 Å². The Labute approximate surface area is 178 Å². The van der Waals surface area contributed by atoms with Crippen LogP contribution < -0.4 is 9.80 Å². The van der Waals surface area contributed by atoms with E-state index in [1.54, 1.807) is 0 Å². The molecule has 0 atom stereocenters. The molecule has 2 aromatic rings. The Kier molecular flexibility index (Phi) is 6.41. The van der Waals surface area contributed by atoms with E-state index < -0.39 is 0 Å². The second kappa shape index (κ2) is 8.65. The van der Waals surface area contributed by atoms with Crippen molar-refractivity contribution in [3.05, 3.63) is 71.1 Å². The molecule has 1 aliphatic rings. The van der Waals surface area contributed by atoms with Crippen molar-refractivity contribution in [3.63, 3.8) is 0 Å². The Morgan fingerprint density at radius 1 is 0.552 bits per heavy atom. The molecule has 0 radical (unpaired) electrons. The van der Waals surface area contributed by atoms with E-state index in [9.17, 15) is 0 Å². The zero-order valence-corrected chi connectivity index (χ0v) is 19.5. The molecule has 29 heavy (non-hydrogen) atoms.